The first-order valence-corrected chi connectivity index (χ1v) is 7.09. The first kappa shape index (κ1) is 16.3. The van der Waals surface area contributed by atoms with Crippen molar-refractivity contribution < 1.29 is 19.5 Å². The second kappa shape index (κ2) is 8.39. The molecule has 0 bridgehead atoms. The summed E-state index contributed by atoms with van der Waals surface area (Å²) < 4.78 is 0. The molecule has 0 aromatic rings. The minimum absolute atomic E-state index is 0.00380. The molecule has 1 fully saturated rings. The quantitative estimate of drug-likeness (QED) is 0.465. The van der Waals surface area contributed by atoms with Crippen LogP contribution in [0.2, 0.25) is 0 Å². The molecule has 0 unspecified atom stereocenters. The van der Waals surface area contributed by atoms with E-state index < -0.39 is 18.0 Å². The molecular weight excluding hydrogens is 262 g/mol. The summed E-state index contributed by atoms with van der Waals surface area (Å²) in [4.78, 5) is 33.7. The third kappa shape index (κ3) is 6.96. The second-order valence-corrected chi connectivity index (χ2v) is 5.03. The molecule has 0 heterocycles. The number of carboxylic acids is 1. The van der Waals surface area contributed by atoms with Crippen molar-refractivity contribution in [2.45, 2.75) is 57.5 Å². The third-order valence-corrected chi connectivity index (χ3v) is 2.99. The van der Waals surface area contributed by atoms with E-state index in [4.69, 9.17) is 5.11 Å². The molecule has 0 aromatic heterocycles. The van der Waals surface area contributed by atoms with Gasteiger partial charge < -0.3 is 21.1 Å². The predicted molar refractivity (Wildman–Crippen MR) is 73.3 cm³/mol. The zero-order valence-electron chi connectivity index (χ0n) is 11.8. The van der Waals surface area contributed by atoms with Crippen molar-refractivity contribution in [3.63, 3.8) is 0 Å². The fourth-order valence-electron chi connectivity index (χ4n) is 1.73. The minimum atomic E-state index is -1.04. The van der Waals surface area contributed by atoms with Crippen LogP contribution in [-0.2, 0) is 9.59 Å². The smallest absolute Gasteiger partial charge is 0.326 e. The van der Waals surface area contributed by atoms with E-state index >= 15 is 0 Å². The number of carbonyl (C=O) groups is 3. The minimum Gasteiger partial charge on any atom is -0.480 e. The van der Waals surface area contributed by atoms with Crippen molar-refractivity contribution in [2.24, 2.45) is 0 Å². The third-order valence-electron chi connectivity index (χ3n) is 2.99. The van der Waals surface area contributed by atoms with Gasteiger partial charge in [0, 0.05) is 19.0 Å². The van der Waals surface area contributed by atoms with Gasteiger partial charge in [-0.05, 0) is 25.7 Å². The monoisotopic (exact) mass is 285 g/mol. The van der Waals surface area contributed by atoms with Crippen molar-refractivity contribution in [1.29, 1.82) is 0 Å². The lowest BCUT2D eigenvalue weighted by Gasteiger charge is -2.14. The van der Waals surface area contributed by atoms with E-state index in [9.17, 15) is 14.4 Å². The molecule has 1 atom stereocenters. The Morgan fingerprint density at radius 3 is 2.55 bits per heavy atom. The molecule has 1 aliphatic carbocycles. The summed E-state index contributed by atoms with van der Waals surface area (Å²) in [6.07, 6.45) is 4.09. The fraction of sp³-hybridized carbons (Fsp3) is 0.769. The highest BCUT2D eigenvalue weighted by atomic mass is 16.4. The van der Waals surface area contributed by atoms with Crippen LogP contribution in [0.3, 0.4) is 0 Å². The fourth-order valence-corrected chi connectivity index (χ4v) is 1.73. The summed E-state index contributed by atoms with van der Waals surface area (Å²) in [6, 6.07) is -1.02. The van der Waals surface area contributed by atoms with Crippen LogP contribution >= 0.6 is 0 Å². The number of amides is 3. The van der Waals surface area contributed by atoms with Crippen LogP contribution in [-0.4, -0.2) is 41.6 Å². The van der Waals surface area contributed by atoms with Crippen molar-refractivity contribution in [2.75, 3.05) is 6.54 Å². The molecule has 1 saturated carbocycles. The number of hydrogen-bond donors (Lipinski definition) is 4. The highest BCUT2D eigenvalue weighted by molar-refractivity contribution is 5.82. The van der Waals surface area contributed by atoms with Crippen molar-refractivity contribution in [3.8, 4) is 0 Å². The van der Waals surface area contributed by atoms with E-state index in [0.29, 0.717) is 38.3 Å². The summed E-state index contributed by atoms with van der Waals surface area (Å²) in [5.74, 6) is -1.03. The Hall–Kier alpha value is -1.79. The highest BCUT2D eigenvalue weighted by Gasteiger charge is 2.22. The first-order chi connectivity index (χ1) is 9.52. The predicted octanol–water partition coefficient (Wildman–Crippen LogP) is 0.598. The maximum Gasteiger partial charge on any atom is 0.326 e. The van der Waals surface area contributed by atoms with Crippen LogP contribution in [0, 0.1) is 0 Å². The maximum atomic E-state index is 11.5. The molecule has 7 nitrogen and oxygen atoms in total. The molecule has 1 rings (SSSR count). The van der Waals surface area contributed by atoms with Gasteiger partial charge in [0.05, 0.1) is 0 Å². The Balaban J connectivity index is 2.08. The molecule has 0 saturated heterocycles. The zero-order valence-corrected chi connectivity index (χ0v) is 11.8. The number of nitrogens with one attached hydrogen (secondary N) is 3. The molecule has 0 aromatic carbocycles. The van der Waals surface area contributed by atoms with E-state index in [0.717, 1.165) is 12.8 Å². The standard InChI is InChI=1S/C13H23N3O4/c1-2-4-10(12(18)19)16-13(20)14-8-3-5-11(17)15-9-6-7-9/h9-10H,2-8H2,1H3,(H,15,17)(H,18,19)(H2,14,16,20)/t10-/m1/s1. The summed E-state index contributed by atoms with van der Waals surface area (Å²) in [6.45, 7) is 2.20. The van der Waals surface area contributed by atoms with E-state index in [1.54, 1.807) is 0 Å². The molecule has 114 valence electrons. The van der Waals surface area contributed by atoms with Crippen molar-refractivity contribution >= 4 is 17.9 Å². The Morgan fingerprint density at radius 2 is 2.00 bits per heavy atom. The normalized spacial score (nSPS) is 15.2. The summed E-state index contributed by atoms with van der Waals surface area (Å²) in [7, 11) is 0. The van der Waals surface area contributed by atoms with Gasteiger partial charge in [-0.25, -0.2) is 9.59 Å². The number of carboxylic acid groups (broad SMARTS) is 1. The van der Waals surface area contributed by atoms with Crippen molar-refractivity contribution in [3.05, 3.63) is 0 Å². The molecule has 1 aliphatic rings. The maximum absolute atomic E-state index is 11.5. The van der Waals surface area contributed by atoms with Gasteiger partial charge in [-0.15, -0.1) is 0 Å². The van der Waals surface area contributed by atoms with Crippen LogP contribution in [0.25, 0.3) is 0 Å². The van der Waals surface area contributed by atoms with E-state index in [1.807, 2.05) is 6.92 Å². The van der Waals surface area contributed by atoms with Crippen LogP contribution in [0.1, 0.15) is 45.4 Å². The van der Waals surface area contributed by atoms with Gasteiger partial charge in [0.25, 0.3) is 0 Å². The number of aliphatic carboxylic acids is 1. The molecule has 4 N–H and O–H groups in total. The van der Waals surface area contributed by atoms with Crippen LogP contribution in [0.4, 0.5) is 4.79 Å². The van der Waals surface area contributed by atoms with Gasteiger partial charge in [0.15, 0.2) is 0 Å². The molecule has 20 heavy (non-hydrogen) atoms. The number of hydrogen-bond acceptors (Lipinski definition) is 3. The molecular formula is C13H23N3O4. The van der Waals surface area contributed by atoms with Gasteiger partial charge in [-0.3, -0.25) is 4.79 Å². The number of carbonyl (C=O) groups excluding carboxylic acids is 2. The van der Waals surface area contributed by atoms with E-state index in [1.165, 1.54) is 0 Å². The van der Waals surface area contributed by atoms with Crippen LogP contribution in [0.5, 0.6) is 0 Å². The Bertz CT molecular complexity index is 356. The molecule has 3 amide bonds. The van der Waals surface area contributed by atoms with Gasteiger partial charge in [0.1, 0.15) is 6.04 Å². The Morgan fingerprint density at radius 1 is 1.30 bits per heavy atom. The highest BCUT2D eigenvalue weighted by Crippen LogP contribution is 2.18. The van der Waals surface area contributed by atoms with Crippen LogP contribution < -0.4 is 16.0 Å². The molecule has 7 heteroatoms. The number of rotatable bonds is 9. The van der Waals surface area contributed by atoms with E-state index in [2.05, 4.69) is 16.0 Å². The first-order valence-electron chi connectivity index (χ1n) is 7.09. The van der Waals surface area contributed by atoms with E-state index in [-0.39, 0.29) is 5.91 Å². The lowest BCUT2D eigenvalue weighted by molar-refractivity contribution is -0.139. The van der Waals surface area contributed by atoms with Crippen molar-refractivity contribution in [1.82, 2.24) is 16.0 Å². The molecule has 0 aliphatic heterocycles. The SMILES string of the molecule is CCC[C@@H](NC(=O)NCCCC(=O)NC1CC1)C(=O)O. The Labute approximate surface area is 118 Å². The van der Waals surface area contributed by atoms with Gasteiger partial charge >= 0.3 is 12.0 Å². The summed E-state index contributed by atoms with van der Waals surface area (Å²) in [5, 5.41) is 16.7. The second-order valence-electron chi connectivity index (χ2n) is 5.03. The Kier molecular flexibility index (Phi) is 6.83. The molecule has 0 spiro atoms. The average Bonchev–Trinajstić information content (AvgIpc) is 3.18. The largest absolute Gasteiger partial charge is 0.480 e. The molecule has 0 radical (unpaired) electrons. The van der Waals surface area contributed by atoms with Gasteiger partial charge in [-0.2, -0.15) is 0 Å². The number of urea groups is 1. The average molecular weight is 285 g/mol. The van der Waals surface area contributed by atoms with Gasteiger partial charge in [-0.1, -0.05) is 13.3 Å². The lowest BCUT2D eigenvalue weighted by atomic mass is 10.2. The summed E-state index contributed by atoms with van der Waals surface area (Å²) >= 11 is 0. The topological polar surface area (TPSA) is 108 Å². The summed E-state index contributed by atoms with van der Waals surface area (Å²) in [5.41, 5.74) is 0. The zero-order chi connectivity index (χ0) is 15.0. The lowest BCUT2D eigenvalue weighted by Crippen LogP contribution is -2.46. The van der Waals surface area contributed by atoms with Gasteiger partial charge in [0.2, 0.25) is 5.91 Å². The van der Waals surface area contributed by atoms with Crippen LogP contribution in [0.15, 0.2) is 0 Å².